The van der Waals surface area contributed by atoms with Gasteiger partial charge in [-0.1, -0.05) is 83.1 Å². The molecule has 0 saturated carbocycles. The Balaban J connectivity index is 1.40. The van der Waals surface area contributed by atoms with Gasteiger partial charge in [0.25, 0.3) is 5.91 Å². The van der Waals surface area contributed by atoms with E-state index >= 15 is 0 Å². The first kappa shape index (κ1) is 22.5. The van der Waals surface area contributed by atoms with Gasteiger partial charge in [0, 0.05) is 12.0 Å². The van der Waals surface area contributed by atoms with Crippen LogP contribution >= 0.6 is 0 Å². The number of hydrogen-bond acceptors (Lipinski definition) is 7. The second kappa shape index (κ2) is 9.90. The van der Waals surface area contributed by atoms with E-state index in [0.717, 1.165) is 11.1 Å². The molecular weight excluding hydrogens is 444 g/mol. The van der Waals surface area contributed by atoms with Crippen molar-refractivity contribution in [1.29, 1.82) is 0 Å². The second-order valence-electron chi connectivity index (χ2n) is 8.24. The minimum absolute atomic E-state index is 0.142. The minimum Gasteiger partial charge on any atom is -0.399 e. The summed E-state index contributed by atoms with van der Waals surface area (Å²) in [6.07, 6.45) is -0.637. The van der Waals surface area contributed by atoms with Crippen LogP contribution in [0.2, 0.25) is 0 Å². The molecule has 1 fully saturated rings. The standard InChI is InChI=1S/C27H24N4O4/c1-34-29-22-16-23(26-28-25(30-35-26)24(32)20-10-6-3-7-11-20)31(17-22)27(33)21-14-12-19(13-15-21)18-8-4-2-5-9-18/h2-15,23-24,32H,16-17H2,1H3/b29-22+. The topological polar surface area (TPSA) is 101 Å². The fourth-order valence-electron chi connectivity index (χ4n) is 4.21. The van der Waals surface area contributed by atoms with Gasteiger partial charge in [-0.05, 0) is 28.8 Å². The molecule has 0 radical (unpaired) electrons. The number of amides is 1. The molecule has 5 rings (SSSR count). The van der Waals surface area contributed by atoms with Crippen LogP contribution in [0, 0.1) is 0 Å². The average molecular weight is 469 g/mol. The summed E-state index contributed by atoms with van der Waals surface area (Å²) in [6.45, 7) is 0.275. The second-order valence-corrected chi connectivity index (χ2v) is 8.24. The Morgan fingerprint density at radius 1 is 1.03 bits per heavy atom. The lowest BCUT2D eigenvalue weighted by atomic mass is 10.0. The van der Waals surface area contributed by atoms with Crippen LogP contribution in [-0.2, 0) is 4.84 Å². The lowest BCUT2D eigenvalue weighted by Crippen LogP contribution is -2.31. The summed E-state index contributed by atoms with van der Waals surface area (Å²) in [7, 11) is 1.47. The van der Waals surface area contributed by atoms with E-state index in [9.17, 15) is 9.90 Å². The molecule has 1 aliphatic rings. The molecule has 35 heavy (non-hydrogen) atoms. The van der Waals surface area contributed by atoms with Gasteiger partial charge in [-0.2, -0.15) is 4.98 Å². The number of rotatable bonds is 6. The van der Waals surface area contributed by atoms with Gasteiger partial charge in [-0.15, -0.1) is 0 Å². The molecule has 1 aromatic heterocycles. The number of aromatic nitrogens is 2. The van der Waals surface area contributed by atoms with E-state index in [1.165, 1.54) is 7.11 Å². The number of carbonyl (C=O) groups is 1. The Hall–Kier alpha value is -4.30. The van der Waals surface area contributed by atoms with Crippen LogP contribution in [0.1, 0.15) is 46.2 Å². The van der Waals surface area contributed by atoms with E-state index in [1.54, 1.807) is 17.0 Å². The molecule has 1 N–H and O–H groups in total. The molecule has 176 valence electrons. The van der Waals surface area contributed by atoms with Crippen molar-refractivity contribution in [2.24, 2.45) is 5.16 Å². The van der Waals surface area contributed by atoms with Gasteiger partial charge in [0.2, 0.25) is 11.7 Å². The van der Waals surface area contributed by atoms with E-state index in [-0.39, 0.29) is 24.2 Å². The number of nitrogens with zero attached hydrogens (tertiary/aromatic N) is 4. The van der Waals surface area contributed by atoms with Crippen LogP contribution in [0.5, 0.6) is 0 Å². The van der Waals surface area contributed by atoms with Gasteiger partial charge >= 0.3 is 0 Å². The number of benzene rings is 3. The number of aliphatic hydroxyl groups excluding tert-OH is 1. The largest absolute Gasteiger partial charge is 0.399 e. The van der Waals surface area contributed by atoms with Crippen LogP contribution in [0.4, 0.5) is 0 Å². The number of aliphatic hydroxyl groups is 1. The van der Waals surface area contributed by atoms with E-state index in [4.69, 9.17) is 9.36 Å². The van der Waals surface area contributed by atoms with Crippen molar-refractivity contribution >= 4 is 11.6 Å². The highest BCUT2D eigenvalue weighted by Crippen LogP contribution is 2.33. The highest BCUT2D eigenvalue weighted by molar-refractivity contribution is 6.00. The van der Waals surface area contributed by atoms with Crippen molar-refractivity contribution in [3.05, 3.63) is 108 Å². The molecule has 0 bridgehead atoms. The van der Waals surface area contributed by atoms with Crippen LogP contribution in [0.3, 0.4) is 0 Å². The predicted molar refractivity (Wildman–Crippen MR) is 130 cm³/mol. The van der Waals surface area contributed by atoms with Crippen LogP contribution in [0.25, 0.3) is 11.1 Å². The van der Waals surface area contributed by atoms with Crippen molar-refractivity contribution in [3.63, 3.8) is 0 Å². The Labute approximate surface area is 202 Å². The summed E-state index contributed by atoms with van der Waals surface area (Å²) in [4.78, 5) is 24.5. The van der Waals surface area contributed by atoms with Gasteiger partial charge in [0.15, 0.2) is 0 Å². The molecule has 0 spiro atoms. The third kappa shape index (κ3) is 4.69. The van der Waals surface area contributed by atoms with Crippen molar-refractivity contribution in [2.75, 3.05) is 13.7 Å². The summed E-state index contributed by atoms with van der Waals surface area (Å²) < 4.78 is 5.50. The summed E-state index contributed by atoms with van der Waals surface area (Å²) >= 11 is 0. The quantitative estimate of drug-likeness (QED) is 0.421. The maximum atomic E-state index is 13.5. The van der Waals surface area contributed by atoms with Gasteiger partial charge < -0.3 is 19.4 Å². The van der Waals surface area contributed by atoms with Crippen LogP contribution in [-0.4, -0.2) is 45.4 Å². The first-order valence-electron chi connectivity index (χ1n) is 11.3. The molecule has 0 aliphatic carbocycles. The smallest absolute Gasteiger partial charge is 0.254 e. The Morgan fingerprint density at radius 2 is 1.69 bits per heavy atom. The summed E-state index contributed by atoms with van der Waals surface area (Å²) in [5, 5.41) is 18.7. The first-order chi connectivity index (χ1) is 17.1. The summed E-state index contributed by atoms with van der Waals surface area (Å²) in [6, 6.07) is 26.0. The average Bonchev–Trinajstić information content (AvgIpc) is 3.57. The zero-order chi connectivity index (χ0) is 24.2. The fourth-order valence-corrected chi connectivity index (χ4v) is 4.21. The lowest BCUT2D eigenvalue weighted by Gasteiger charge is -2.21. The predicted octanol–water partition coefficient (Wildman–Crippen LogP) is 4.41. The monoisotopic (exact) mass is 468 g/mol. The van der Waals surface area contributed by atoms with Gasteiger partial charge in [-0.3, -0.25) is 4.79 Å². The van der Waals surface area contributed by atoms with Gasteiger partial charge in [0.05, 0.1) is 12.3 Å². The van der Waals surface area contributed by atoms with Crippen molar-refractivity contribution < 1.29 is 19.3 Å². The number of carbonyl (C=O) groups excluding carboxylic acids is 1. The van der Waals surface area contributed by atoms with Crippen LogP contribution in [0.15, 0.2) is 94.6 Å². The zero-order valence-electron chi connectivity index (χ0n) is 19.1. The molecule has 1 saturated heterocycles. The molecule has 3 aromatic carbocycles. The minimum atomic E-state index is -1.03. The summed E-state index contributed by atoms with van der Waals surface area (Å²) in [5.74, 6) is 0.202. The summed E-state index contributed by atoms with van der Waals surface area (Å²) in [5.41, 5.74) is 3.99. The molecule has 2 atom stereocenters. The third-order valence-corrected chi connectivity index (χ3v) is 5.98. The molecule has 4 aromatic rings. The van der Waals surface area contributed by atoms with E-state index in [0.29, 0.717) is 23.3 Å². The lowest BCUT2D eigenvalue weighted by molar-refractivity contribution is 0.0713. The molecule has 1 amide bonds. The van der Waals surface area contributed by atoms with E-state index in [2.05, 4.69) is 15.3 Å². The van der Waals surface area contributed by atoms with Crippen LogP contribution < -0.4 is 0 Å². The first-order valence-corrected chi connectivity index (χ1v) is 11.3. The Morgan fingerprint density at radius 3 is 2.37 bits per heavy atom. The normalized spacial score (nSPS) is 17.5. The molecule has 1 aliphatic heterocycles. The Kier molecular flexibility index (Phi) is 6.36. The van der Waals surface area contributed by atoms with Crippen molar-refractivity contribution in [1.82, 2.24) is 15.0 Å². The molecule has 8 heteroatoms. The molecule has 2 unspecified atom stereocenters. The number of likely N-dealkylation sites (tertiary alicyclic amines) is 1. The highest BCUT2D eigenvalue weighted by Gasteiger charge is 2.39. The van der Waals surface area contributed by atoms with E-state index in [1.807, 2.05) is 72.8 Å². The van der Waals surface area contributed by atoms with Crippen molar-refractivity contribution in [3.8, 4) is 11.1 Å². The van der Waals surface area contributed by atoms with Gasteiger partial charge in [0.1, 0.15) is 19.3 Å². The zero-order valence-corrected chi connectivity index (χ0v) is 19.1. The van der Waals surface area contributed by atoms with E-state index < -0.39 is 12.1 Å². The molecule has 2 heterocycles. The molecular formula is C27H24N4O4. The number of oxime groups is 1. The van der Waals surface area contributed by atoms with Gasteiger partial charge in [-0.25, -0.2) is 0 Å². The number of hydrogen-bond donors (Lipinski definition) is 1. The molecule has 8 nitrogen and oxygen atoms in total. The highest BCUT2D eigenvalue weighted by atomic mass is 16.6. The maximum absolute atomic E-state index is 13.5. The third-order valence-electron chi connectivity index (χ3n) is 5.98. The van der Waals surface area contributed by atoms with Crippen molar-refractivity contribution in [2.45, 2.75) is 18.6 Å². The maximum Gasteiger partial charge on any atom is 0.254 e. The Bertz CT molecular complexity index is 1320. The SMILES string of the molecule is CO/N=C1\CC(c2nc(C(O)c3ccccc3)no2)N(C(=O)c2ccc(-c3ccccc3)cc2)C1. The fraction of sp³-hybridized carbons (Fsp3) is 0.185.